The van der Waals surface area contributed by atoms with Crippen LogP contribution in [0.4, 0.5) is 5.69 Å². The highest BCUT2D eigenvalue weighted by Gasteiger charge is 2.39. The summed E-state index contributed by atoms with van der Waals surface area (Å²) in [4.78, 5) is 27.3. The summed E-state index contributed by atoms with van der Waals surface area (Å²) in [5, 5.41) is 2.93. The molecule has 0 unspecified atom stereocenters. The molecule has 0 bridgehead atoms. The van der Waals surface area contributed by atoms with E-state index in [2.05, 4.69) is 17.2 Å². The zero-order chi connectivity index (χ0) is 14.8. The van der Waals surface area contributed by atoms with Gasteiger partial charge in [0.1, 0.15) is 0 Å². The van der Waals surface area contributed by atoms with Crippen LogP contribution in [0.2, 0.25) is 0 Å². The van der Waals surface area contributed by atoms with Crippen LogP contribution in [0.15, 0.2) is 47.5 Å². The Hall–Kier alpha value is -2.43. The lowest BCUT2D eigenvalue weighted by atomic mass is 10.2. The van der Waals surface area contributed by atoms with Crippen LogP contribution in [0.25, 0.3) is 0 Å². The number of aromatic nitrogens is 2. The molecule has 0 radical (unpaired) electrons. The van der Waals surface area contributed by atoms with E-state index in [4.69, 9.17) is 0 Å². The molecule has 0 saturated heterocycles. The van der Waals surface area contributed by atoms with E-state index in [9.17, 15) is 9.59 Å². The molecule has 1 saturated carbocycles. The Bertz CT molecular complexity index is 723. The van der Waals surface area contributed by atoms with Gasteiger partial charge in [-0.25, -0.2) is 9.78 Å². The number of nitrogens with one attached hydrogen (secondary N) is 1. The van der Waals surface area contributed by atoms with E-state index in [0.29, 0.717) is 12.5 Å². The first-order valence-corrected chi connectivity index (χ1v) is 7.05. The normalized spacial score (nSPS) is 20.0. The minimum Gasteiger partial charge on any atom is -0.326 e. The number of rotatable bonds is 4. The van der Waals surface area contributed by atoms with Crippen molar-refractivity contribution in [1.82, 2.24) is 9.55 Å². The van der Waals surface area contributed by atoms with Crippen LogP contribution in [-0.2, 0) is 11.3 Å². The maximum absolute atomic E-state index is 11.9. The van der Waals surface area contributed by atoms with Gasteiger partial charge >= 0.3 is 5.69 Å². The summed E-state index contributed by atoms with van der Waals surface area (Å²) in [5.41, 5.74) is 1.44. The summed E-state index contributed by atoms with van der Waals surface area (Å²) in [6, 6.07) is 9.28. The minimum absolute atomic E-state index is 0.0817. The molecule has 1 heterocycles. The van der Waals surface area contributed by atoms with Gasteiger partial charge < -0.3 is 5.32 Å². The van der Waals surface area contributed by atoms with Crippen LogP contribution in [0.3, 0.4) is 0 Å². The molecule has 1 aliphatic rings. The molecular weight excluding hydrogens is 266 g/mol. The number of anilines is 1. The molecule has 5 nitrogen and oxygen atoms in total. The summed E-state index contributed by atoms with van der Waals surface area (Å²) < 4.78 is 1.53. The highest BCUT2D eigenvalue weighted by Crippen LogP contribution is 2.38. The number of carbonyl (C=O) groups excluding carboxylic acids is 1. The molecule has 1 aromatic heterocycles. The molecule has 1 amide bonds. The average molecular weight is 283 g/mol. The molecule has 2 atom stereocenters. The van der Waals surface area contributed by atoms with Gasteiger partial charge in [0, 0.05) is 24.0 Å². The molecule has 3 rings (SSSR count). The smallest absolute Gasteiger partial charge is 0.326 e. The predicted molar refractivity (Wildman–Crippen MR) is 79.9 cm³/mol. The molecular formula is C16H17N3O2. The first-order chi connectivity index (χ1) is 10.1. The van der Waals surface area contributed by atoms with Gasteiger partial charge in [-0.15, -0.1) is 0 Å². The molecule has 1 aromatic carbocycles. The van der Waals surface area contributed by atoms with Crippen molar-refractivity contribution in [2.24, 2.45) is 11.8 Å². The summed E-state index contributed by atoms with van der Waals surface area (Å²) in [6.07, 6.45) is 4.15. The Labute approximate surface area is 122 Å². The van der Waals surface area contributed by atoms with Crippen molar-refractivity contribution in [1.29, 1.82) is 0 Å². The van der Waals surface area contributed by atoms with Crippen molar-refractivity contribution in [3.63, 3.8) is 0 Å². The predicted octanol–water partition coefficient (Wildman–Crippen LogP) is 1.89. The maximum atomic E-state index is 11.9. The first-order valence-electron chi connectivity index (χ1n) is 7.05. The molecule has 5 heteroatoms. The van der Waals surface area contributed by atoms with Crippen molar-refractivity contribution in [2.45, 2.75) is 19.9 Å². The van der Waals surface area contributed by atoms with Crippen LogP contribution >= 0.6 is 0 Å². The Morgan fingerprint density at radius 2 is 2.24 bits per heavy atom. The highest BCUT2D eigenvalue weighted by molar-refractivity contribution is 5.94. The molecule has 1 N–H and O–H groups in total. The van der Waals surface area contributed by atoms with E-state index in [1.54, 1.807) is 12.3 Å². The van der Waals surface area contributed by atoms with Crippen molar-refractivity contribution in [2.75, 3.05) is 5.32 Å². The fourth-order valence-electron chi connectivity index (χ4n) is 2.37. The lowest BCUT2D eigenvalue weighted by Crippen LogP contribution is -2.22. The van der Waals surface area contributed by atoms with Crippen LogP contribution in [-0.4, -0.2) is 15.5 Å². The van der Waals surface area contributed by atoms with E-state index in [-0.39, 0.29) is 17.5 Å². The van der Waals surface area contributed by atoms with Crippen molar-refractivity contribution >= 4 is 11.6 Å². The molecule has 0 aliphatic heterocycles. The number of hydrogen-bond donors (Lipinski definition) is 1. The molecule has 2 aromatic rings. The SMILES string of the molecule is C[C@H]1C[C@H]1C(=O)Nc1cccc(Cn2cccnc2=O)c1. The summed E-state index contributed by atoms with van der Waals surface area (Å²) in [5.74, 6) is 0.718. The van der Waals surface area contributed by atoms with Gasteiger partial charge in [0.15, 0.2) is 0 Å². The van der Waals surface area contributed by atoms with E-state index in [1.807, 2.05) is 24.3 Å². The third-order valence-electron chi connectivity index (χ3n) is 3.78. The molecule has 21 heavy (non-hydrogen) atoms. The van der Waals surface area contributed by atoms with Crippen molar-refractivity contribution < 1.29 is 4.79 Å². The van der Waals surface area contributed by atoms with E-state index in [0.717, 1.165) is 17.7 Å². The van der Waals surface area contributed by atoms with Crippen molar-refractivity contribution in [3.05, 3.63) is 58.8 Å². The van der Waals surface area contributed by atoms with Gasteiger partial charge in [-0.2, -0.15) is 0 Å². The second-order valence-electron chi connectivity index (χ2n) is 5.54. The fourth-order valence-corrected chi connectivity index (χ4v) is 2.37. The Kier molecular flexibility index (Phi) is 3.56. The number of amides is 1. The van der Waals surface area contributed by atoms with Crippen LogP contribution in [0.5, 0.6) is 0 Å². The molecule has 1 fully saturated rings. The minimum atomic E-state index is -0.279. The molecule has 1 aliphatic carbocycles. The van der Waals surface area contributed by atoms with Gasteiger partial charge in [0.25, 0.3) is 0 Å². The Balaban J connectivity index is 1.73. The number of nitrogens with zero attached hydrogens (tertiary/aromatic N) is 2. The third kappa shape index (κ3) is 3.18. The monoisotopic (exact) mass is 283 g/mol. The van der Waals surface area contributed by atoms with Crippen LogP contribution in [0.1, 0.15) is 18.9 Å². The molecule has 0 spiro atoms. The molecule has 108 valence electrons. The number of benzene rings is 1. The van der Waals surface area contributed by atoms with Crippen LogP contribution < -0.4 is 11.0 Å². The average Bonchev–Trinajstić information content (AvgIpc) is 3.19. The van der Waals surface area contributed by atoms with Crippen molar-refractivity contribution in [3.8, 4) is 0 Å². The maximum Gasteiger partial charge on any atom is 0.347 e. The van der Waals surface area contributed by atoms with E-state index < -0.39 is 0 Å². The number of hydrogen-bond acceptors (Lipinski definition) is 3. The zero-order valence-corrected chi connectivity index (χ0v) is 11.8. The lowest BCUT2D eigenvalue weighted by Gasteiger charge is -2.08. The Morgan fingerprint density at radius 3 is 2.95 bits per heavy atom. The van der Waals surface area contributed by atoms with E-state index >= 15 is 0 Å². The summed E-state index contributed by atoms with van der Waals surface area (Å²) in [6.45, 7) is 2.52. The fraction of sp³-hybridized carbons (Fsp3) is 0.312. The summed E-state index contributed by atoms with van der Waals surface area (Å²) in [7, 11) is 0. The topological polar surface area (TPSA) is 64.0 Å². The number of carbonyl (C=O) groups is 1. The zero-order valence-electron chi connectivity index (χ0n) is 11.8. The van der Waals surface area contributed by atoms with Gasteiger partial charge in [0.2, 0.25) is 5.91 Å². The van der Waals surface area contributed by atoms with Gasteiger partial charge in [-0.3, -0.25) is 9.36 Å². The highest BCUT2D eigenvalue weighted by atomic mass is 16.2. The lowest BCUT2D eigenvalue weighted by molar-refractivity contribution is -0.117. The largest absolute Gasteiger partial charge is 0.347 e. The van der Waals surface area contributed by atoms with Gasteiger partial charge in [0.05, 0.1) is 6.54 Å². The Morgan fingerprint density at radius 1 is 1.43 bits per heavy atom. The van der Waals surface area contributed by atoms with Gasteiger partial charge in [-0.05, 0) is 36.1 Å². The standard InChI is InChI=1S/C16H17N3O2/c1-11-8-14(11)15(20)18-13-5-2-4-12(9-13)10-19-7-3-6-17-16(19)21/h2-7,9,11,14H,8,10H2,1H3,(H,18,20)/t11-,14+/m0/s1. The summed E-state index contributed by atoms with van der Waals surface area (Å²) >= 11 is 0. The van der Waals surface area contributed by atoms with E-state index in [1.165, 1.54) is 10.8 Å². The second kappa shape index (κ2) is 5.52. The third-order valence-corrected chi connectivity index (χ3v) is 3.78. The quantitative estimate of drug-likeness (QED) is 0.932. The first kappa shape index (κ1) is 13.5. The van der Waals surface area contributed by atoms with Crippen LogP contribution in [0, 0.1) is 11.8 Å². The van der Waals surface area contributed by atoms with Gasteiger partial charge in [-0.1, -0.05) is 19.1 Å². The second-order valence-corrected chi connectivity index (χ2v) is 5.54.